The molecule has 12 heavy (non-hydrogen) atoms. The third kappa shape index (κ3) is 0.794. The van der Waals surface area contributed by atoms with E-state index in [1.807, 2.05) is 0 Å². The quantitative estimate of drug-likeness (QED) is 0.502. The van der Waals surface area contributed by atoms with E-state index in [1.165, 1.54) is 19.3 Å². The number of rotatable bonds is 0. The summed E-state index contributed by atoms with van der Waals surface area (Å²) in [6.45, 7) is 0. The van der Waals surface area contributed by atoms with Crippen LogP contribution in [0, 0.1) is 23.7 Å². The van der Waals surface area contributed by atoms with Gasteiger partial charge in [-0.2, -0.15) is 0 Å². The van der Waals surface area contributed by atoms with Gasteiger partial charge in [0.15, 0.2) is 0 Å². The number of fused-ring (bicyclic) bond motifs is 5. The molecule has 0 radical (unpaired) electrons. The molecule has 0 heterocycles. The molecule has 2 bridgehead atoms. The molecule has 0 N–H and O–H groups in total. The molecule has 0 aliphatic heterocycles. The van der Waals surface area contributed by atoms with Crippen molar-refractivity contribution in [3.05, 3.63) is 23.3 Å². The lowest BCUT2D eigenvalue weighted by Gasteiger charge is -2.30. The van der Waals surface area contributed by atoms with Crippen molar-refractivity contribution in [1.29, 1.82) is 0 Å². The van der Waals surface area contributed by atoms with Crippen LogP contribution in [-0.4, -0.2) is 0 Å². The van der Waals surface area contributed by atoms with Crippen LogP contribution >= 0.6 is 11.6 Å². The van der Waals surface area contributed by atoms with Crippen LogP contribution in [0.4, 0.5) is 0 Å². The molecule has 0 aromatic carbocycles. The van der Waals surface area contributed by atoms with E-state index in [0.29, 0.717) is 5.92 Å². The van der Waals surface area contributed by atoms with Crippen LogP contribution in [0.15, 0.2) is 23.3 Å². The van der Waals surface area contributed by atoms with E-state index in [2.05, 4.69) is 18.2 Å². The smallest absolute Gasteiger partial charge is 0.0181 e. The first-order valence-corrected chi connectivity index (χ1v) is 5.28. The lowest BCUT2D eigenvalue weighted by Crippen LogP contribution is -2.22. The molecule has 4 atom stereocenters. The maximum Gasteiger partial charge on any atom is 0.0181 e. The van der Waals surface area contributed by atoms with Crippen molar-refractivity contribution in [2.24, 2.45) is 23.7 Å². The highest BCUT2D eigenvalue weighted by atomic mass is 35.5. The van der Waals surface area contributed by atoms with Crippen molar-refractivity contribution in [1.82, 2.24) is 0 Å². The summed E-state index contributed by atoms with van der Waals surface area (Å²) in [6.07, 6.45) is 11.0. The highest BCUT2D eigenvalue weighted by Gasteiger charge is 2.46. The van der Waals surface area contributed by atoms with Crippen LogP contribution in [0.3, 0.4) is 0 Å². The summed E-state index contributed by atoms with van der Waals surface area (Å²) in [5, 5.41) is 1.16. The Morgan fingerprint density at radius 3 is 2.92 bits per heavy atom. The van der Waals surface area contributed by atoms with Gasteiger partial charge in [0.2, 0.25) is 0 Å². The van der Waals surface area contributed by atoms with Crippen LogP contribution in [0.2, 0.25) is 0 Å². The van der Waals surface area contributed by atoms with E-state index >= 15 is 0 Å². The molecule has 3 aliphatic carbocycles. The fourth-order valence-corrected chi connectivity index (χ4v) is 3.71. The second kappa shape index (κ2) is 2.38. The summed E-state index contributed by atoms with van der Waals surface area (Å²) in [5.41, 5.74) is 0. The van der Waals surface area contributed by atoms with Crippen molar-refractivity contribution in [3.63, 3.8) is 0 Å². The molecule has 64 valence electrons. The lowest BCUT2D eigenvalue weighted by molar-refractivity contribution is 0.327. The maximum atomic E-state index is 6.24. The summed E-state index contributed by atoms with van der Waals surface area (Å²) in [5.74, 6) is 3.24. The topological polar surface area (TPSA) is 0 Å². The van der Waals surface area contributed by atoms with Gasteiger partial charge in [-0.1, -0.05) is 29.8 Å². The third-order valence-electron chi connectivity index (χ3n) is 3.78. The minimum Gasteiger partial charge on any atom is -0.0892 e. The zero-order valence-corrected chi connectivity index (χ0v) is 7.80. The predicted molar refractivity (Wildman–Crippen MR) is 50.9 cm³/mol. The fourth-order valence-electron chi connectivity index (χ4n) is 3.28. The SMILES string of the molecule is ClC1=CCCC2C3C=CC(C3)C12. The van der Waals surface area contributed by atoms with Crippen molar-refractivity contribution in [2.45, 2.75) is 19.3 Å². The van der Waals surface area contributed by atoms with Crippen LogP contribution in [0.5, 0.6) is 0 Å². The lowest BCUT2D eigenvalue weighted by atomic mass is 9.77. The second-order valence-corrected chi connectivity index (χ2v) is 4.74. The predicted octanol–water partition coefficient (Wildman–Crippen LogP) is 3.34. The van der Waals surface area contributed by atoms with Crippen LogP contribution in [-0.2, 0) is 0 Å². The van der Waals surface area contributed by atoms with E-state index < -0.39 is 0 Å². The van der Waals surface area contributed by atoms with Crippen LogP contribution in [0.25, 0.3) is 0 Å². The first-order chi connectivity index (χ1) is 5.86. The highest BCUT2D eigenvalue weighted by Crippen LogP contribution is 2.55. The summed E-state index contributed by atoms with van der Waals surface area (Å²) < 4.78 is 0. The molecular weight excluding hydrogens is 168 g/mol. The van der Waals surface area contributed by atoms with Gasteiger partial charge in [-0.3, -0.25) is 0 Å². The molecule has 3 rings (SSSR count). The number of hydrogen-bond donors (Lipinski definition) is 0. The fraction of sp³-hybridized carbons (Fsp3) is 0.636. The first-order valence-electron chi connectivity index (χ1n) is 4.90. The second-order valence-electron chi connectivity index (χ2n) is 4.30. The van der Waals surface area contributed by atoms with Gasteiger partial charge in [-0.05, 0) is 37.0 Å². The molecule has 0 amide bonds. The Morgan fingerprint density at radius 1 is 1.25 bits per heavy atom. The Labute approximate surface area is 78.3 Å². The zero-order valence-electron chi connectivity index (χ0n) is 7.04. The molecule has 1 saturated carbocycles. The zero-order chi connectivity index (χ0) is 8.13. The first kappa shape index (κ1) is 7.20. The molecule has 1 fully saturated rings. The van der Waals surface area contributed by atoms with E-state index in [9.17, 15) is 0 Å². The van der Waals surface area contributed by atoms with Crippen molar-refractivity contribution in [3.8, 4) is 0 Å². The summed E-state index contributed by atoms with van der Waals surface area (Å²) in [6, 6.07) is 0. The average molecular weight is 181 g/mol. The molecule has 3 aliphatic rings. The monoisotopic (exact) mass is 180 g/mol. The van der Waals surface area contributed by atoms with Gasteiger partial charge in [0.25, 0.3) is 0 Å². The Bertz CT molecular complexity index is 264. The molecule has 4 unspecified atom stereocenters. The molecule has 0 nitrogen and oxygen atoms in total. The van der Waals surface area contributed by atoms with E-state index in [-0.39, 0.29) is 0 Å². The third-order valence-corrected chi connectivity index (χ3v) is 4.19. The highest BCUT2D eigenvalue weighted by molar-refractivity contribution is 6.30. The minimum absolute atomic E-state index is 0.704. The Morgan fingerprint density at radius 2 is 2.08 bits per heavy atom. The van der Waals surface area contributed by atoms with Crippen molar-refractivity contribution in [2.75, 3.05) is 0 Å². The molecule has 0 saturated heterocycles. The van der Waals surface area contributed by atoms with E-state index in [4.69, 9.17) is 11.6 Å². The molecule has 0 aromatic heterocycles. The molecule has 0 aromatic rings. The van der Waals surface area contributed by atoms with Crippen molar-refractivity contribution >= 4 is 11.6 Å². The maximum absolute atomic E-state index is 6.24. The van der Waals surface area contributed by atoms with Gasteiger partial charge in [0, 0.05) is 11.0 Å². The van der Waals surface area contributed by atoms with Crippen molar-refractivity contribution < 1.29 is 0 Å². The summed E-state index contributed by atoms with van der Waals surface area (Å²) in [7, 11) is 0. The molecular formula is C11H13Cl. The van der Waals surface area contributed by atoms with Crippen LogP contribution < -0.4 is 0 Å². The Kier molecular flexibility index (Phi) is 1.43. The summed E-state index contributed by atoms with van der Waals surface area (Å²) in [4.78, 5) is 0. The Balaban J connectivity index is 2.01. The van der Waals surface area contributed by atoms with Gasteiger partial charge in [-0.15, -0.1) is 0 Å². The van der Waals surface area contributed by atoms with Gasteiger partial charge >= 0.3 is 0 Å². The van der Waals surface area contributed by atoms with Gasteiger partial charge < -0.3 is 0 Å². The summed E-state index contributed by atoms with van der Waals surface area (Å²) >= 11 is 6.24. The van der Waals surface area contributed by atoms with E-state index in [0.717, 1.165) is 22.8 Å². The largest absolute Gasteiger partial charge is 0.0892 e. The van der Waals surface area contributed by atoms with Gasteiger partial charge in [-0.25, -0.2) is 0 Å². The normalized spacial score (nSPS) is 49.2. The minimum atomic E-state index is 0.704. The number of halogens is 1. The van der Waals surface area contributed by atoms with E-state index in [1.54, 1.807) is 0 Å². The number of hydrogen-bond acceptors (Lipinski definition) is 0. The van der Waals surface area contributed by atoms with Crippen LogP contribution in [0.1, 0.15) is 19.3 Å². The van der Waals surface area contributed by atoms with Gasteiger partial charge in [0.05, 0.1) is 0 Å². The number of allylic oxidation sites excluding steroid dienone is 4. The average Bonchev–Trinajstić information content (AvgIpc) is 2.64. The Hall–Kier alpha value is -0.230. The molecule has 1 heteroatoms. The van der Waals surface area contributed by atoms with Gasteiger partial charge in [0.1, 0.15) is 0 Å². The standard InChI is InChI=1S/C11H13Cl/c12-10-3-1-2-9-7-4-5-8(6-7)11(9)10/h3-5,7-9,11H,1-2,6H2. The molecule has 0 spiro atoms.